The fraction of sp³-hybridized carbons (Fsp3) is 0.636. The highest BCUT2D eigenvalue weighted by Crippen LogP contribution is 2.38. The van der Waals surface area contributed by atoms with Crippen LogP contribution < -0.4 is 4.74 Å². The molecule has 3 aliphatic rings. The number of benzene rings is 2. The zero-order chi connectivity index (χ0) is 41.0. The van der Waals surface area contributed by atoms with Crippen LogP contribution in [-0.4, -0.2) is 87.7 Å². The quantitative estimate of drug-likeness (QED) is 0.0470. The lowest BCUT2D eigenvalue weighted by Gasteiger charge is -2.45. The summed E-state index contributed by atoms with van der Waals surface area (Å²) in [4.78, 5) is 7.97. The zero-order valence-corrected chi connectivity index (χ0v) is 39.7. The molecule has 13 heteroatoms. The maximum Gasteiger partial charge on any atom is 0.189 e. The van der Waals surface area contributed by atoms with Gasteiger partial charge in [-0.15, -0.1) is 0 Å². The SMILES string of the molecule is CCc1cc(OCOCC[Si](C)(C)C)c(F)cc1-c1ccc2c(-c3nc(CN4CC5CCC4CC5)cn3COCC[Si](C)(C)C)nn(COCC[Si](C)(C)C)c2c1. The van der Waals surface area contributed by atoms with Crippen LogP contribution in [0.4, 0.5) is 4.39 Å². The minimum absolute atomic E-state index is 0.0372. The van der Waals surface area contributed by atoms with E-state index < -0.39 is 30.0 Å². The largest absolute Gasteiger partial charge is 0.464 e. The number of piperidine rings is 2. The van der Waals surface area contributed by atoms with Gasteiger partial charge in [0.15, 0.2) is 24.2 Å². The van der Waals surface area contributed by atoms with Gasteiger partial charge in [-0.05, 0) is 97.1 Å². The predicted molar refractivity (Wildman–Crippen MR) is 240 cm³/mol. The molecule has 3 fully saturated rings. The number of aromatic nitrogens is 4. The molecule has 2 saturated heterocycles. The first-order valence-corrected chi connectivity index (χ1v) is 32.6. The first-order chi connectivity index (χ1) is 27.0. The zero-order valence-electron chi connectivity index (χ0n) is 36.7. The summed E-state index contributed by atoms with van der Waals surface area (Å²) in [5.74, 6) is 1.44. The van der Waals surface area contributed by atoms with Crippen LogP contribution in [0, 0.1) is 11.7 Å². The smallest absolute Gasteiger partial charge is 0.189 e. The molecule has 57 heavy (non-hydrogen) atoms. The van der Waals surface area contributed by atoms with E-state index >= 15 is 4.39 Å². The van der Waals surface area contributed by atoms with Crippen LogP contribution in [0.15, 0.2) is 36.5 Å². The molecule has 4 aromatic rings. The summed E-state index contributed by atoms with van der Waals surface area (Å²) in [6.07, 6.45) is 8.21. The Hall–Kier alpha value is -2.66. The number of hydrogen-bond acceptors (Lipinski definition) is 7. The van der Waals surface area contributed by atoms with Crippen molar-refractivity contribution < 1.29 is 23.3 Å². The number of hydrogen-bond donors (Lipinski definition) is 0. The fourth-order valence-corrected chi connectivity index (χ4v) is 10.2. The maximum atomic E-state index is 15.7. The molecule has 2 aromatic carbocycles. The van der Waals surface area contributed by atoms with E-state index in [1.807, 2.05) is 10.7 Å². The molecule has 314 valence electrons. The van der Waals surface area contributed by atoms with Gasteiger partial charge in [-0.25, -0.2) is 14.1 Å². The number of ether oxygens (including phenoxy) is 4. The highest BCUT2D eigenvalue weighted by Gasteiger charge is 2.34. The van der Waals surface area contributed by atoms with Crippen molar-refractivity contribution in [3.63, 3.8) is 0 Å². The molecule has 9 nitrogen and oxygen atoms in total. The summed E-state index contributed by atoms with van der Waals surface area (Å²) in [6, 6.07) is 13.6. The summed E-state index contributed by atoms with van der Waals surface area (Å²) in [6.45, 7) is 28.1. The summed E-state index contributed by atoms with van der Waals surface area (Å²) in [7, 11) is -3.75. The molecule has 2 bridgehead atoms. The Morgan fingerprint density at radius 3 is 2.05 bits per heavy atom. The third-order valence-corrected chi connectivity index (χ3v) is 16.7. The first kappa shape index (κ1) is 43.9. The van der Waals surface area contributed by atoms with E-state index in [2.05, 4.69) is 99.7 Å². The molecule has 0 spiro atoms. The van der Waals surface area contributed by atoms with Gasteiger partial charge < -0.3 is 23.5 Å². The molecular weight excluding hydrogens is 766 g/mol. The average Bonchev–Trinajstić information content (AvgIpc) is 3.71. The molecule has 0 N–H and O–H groups in total. The summed E-state index contributed by atoms with van der Waals surface area (Å²) >= 11 is 0. The number of fused-ring (bicyclic) bond motifs is 4. The second-order valence-electron chi connectivity index (χ2n) is 20.2. The molecule has 7 rings (SSSR count). The second kappa shape index (κ2) is 18.7. The number of nitrogens with zero attached hydrogens (tertiary/aromatic N) is 5. The molecular formula is C44H70FN5O4Si3. The Kier molecular flexibility index (Phi) is 14.4. The third-order valence-electron chi connectivity index (χ3n) is 11.6. The molecule has 0 atom stereocenters. The number of aryl methyl sites for hydroxylation is 1. The first-order valence-electron chi connectivity index (χ1n) is 21.5. The lowest BCUT2D eigenvalue weighted by atomic mass is 9.80. The predicted octanol–water partition coefficient (Wildman–Crippen LogP) is 11.0. The van der Waals surface area contributed by atoms with Gasteiger partial charge in [-0.3, -0.25) is 4.90 Å². The standard InChI is InChI=1S/C44H70FN5O4Si3/c1-11-34-25-42(54-32-53-20-23-57(8,9)10)40(45)26-39(34)35-14-17-38-41(24-35)50(31-52-19-22-56(5,6)7)47-43(38)44-46-36(28-48-27-33-12-15-37(48)16-13-33)29-49(44)30-51-18-21-55(2,3)4/h14,17,24-26,29,33,37H,11-13,15-16,18-23,27-28,30-32H2,1-10H3. The van der Waals surface area contributed by atoms with Crippen LogP contribution in [0.25, 0.3) is 33.5 Å². The van der Waals surface area contributed by atoms with E-state index in [0.29, 0.717) is 32.7 Å². The van der Waals surface area contributed by atoms with E-state index in [9.17, 15) is 0 Å². The minimum Gasteiger partial charge on any atom is -0.464 e. The van der Waals surface area contributed by atoms with Crippen LogP contribution in [-0.2, 0) is 40.6 Å². The molecule has 0 unspecified atom stereocenters. The highest BCUT2D eigenvalue weighted by atomic mass is 28.3. The van der Waals surface area contributed by atoms with Gasteiger partial charge in [0.1, 0.15) is 19.2 Å². The normalized spacial score (nSPS) is 17.9. The third kappa shape index (κ3) is 12.2. The van der Waals surface area contributed by atoms with Crippen molar-refractivity contribution in [2.75, 3.05) is 33.2 Å². The van der Waals surface area contributed by atoms with Gasteiger partial charge >= 0.3 is 0 Å². The van der Waals surface area contributed by atoms with E-state index in [1.165, 1.54) is 25.7 Å². The summed E-state index contributed by atoms with van der Waals surface area (Å²) in [5, 5.41) is 6.23. The van der Waals surface area contributed by atoms with E-state index in [0.717, 1.165) is 95.0 Å². The lowest BCUT2D eigenvalue weighted by molar-refractivity contribution is 0.0197. The maximum absolute atomic E-state index is 15.7. The van der Waals surface area contributed by atoms with E-state index in [1.54, 1.807) is 6.07 Å². The molecule has 0 radical (unpaired) electrons. The van der Waals surface area contributed by atoms with Gasteiger partial charge in [0.25, 0.3) is 0 Å². The Morgan fingerprint density at radius 1 is 0.789 bits per heavy atom. The molecule has 1 aliphatic carbocycles. The molecule has 2 aliphatic heterocycles. The van der Waals surface area contributed by atoms with Crippen molar-refractivity contribution in [3.8, 4) is 28.4 Å². The van der Waals surface area contributed by atoms with Crippen molar-refractivity contribution in [1.82, 2.24) is 24.2 Å². The molecule has 0 amide bonds. The highest BCUT2D eigenvalue weighted by molar-refractivity contribution is 6.76. The van der Waals surface area contributed by atoms with Crippen molar-refractivity contribution in [3.05, 3.63) is 53.6 Å². The number of rotatable bonds is 21. The van der Waals surface area contributed by atoms with Gasteiger partial charge in [0.2, 0.25) is 0 Å². The molecule has 1 saturated carbocycles. The van der Waals surface area contributed by atoms with Crippen LogP contribution in [0.1, 0.15) is 43.9 Å². The molecule has 4 heterocycles. The summed E-state index contributed by atoms with van der Waals surface area (Å²) < 4.78 is 44.0. The van der Waals surface area contributed by atoms with Crippen molar-refractivity contribution in [2.24, 2.45) is 5.92 Å². The van der Waals surface area contributed by atoms with Gasteiger partial charge in [-0.1, -0.05) is 71.9 Å². The topological polar surface area (TPSA) is 75.8 Å². The Balaban J connectivity index is 1.33. The van der Waals surface area contributed by atoms with Crippen LogP contribution >= 0.6 is 0 Å². The fourth-order valence-electron chi connectivity index (χ4n) is 7.89. The van der Waals surface area contributed by atoms with E-state index in [-0.39, 0.29) is 12.5 Å². The van der Waals surface area contributed by atoms with Gasteiger partial charge in [0, 0.05) is 74.8 Å². The van der Waals surface area contributed by atoms with E-state index in [4.69, 9.17) is 29.0 Å². The average molecular weight is 836 g/mol. The monoisotopic (exact) mass is 835 g/mol. The number of halogens is 1. The summed E-state index contributed by atoms with van der Waals surface area (Å²) in [5.41, 5.74) is 5.57. The Labute approximate surface area is 344 Å². The lowest BCUT2D eigenvalue weighted by Crippen LogP contribution is -2.47. The van der Waals surface area contributed by atoms with Crippen molar-refractivity contribution >= 4 is 35.1 Å². The Bertz CT molecular complexity index is 1940. The molecule has 2 aromatic heterocycles. The van der Waals surface area contributed by atoms with Gasteiger partial charge in [0.05, 0.1) is 11.2 Å². The minimum atomic E-state index is -1.28. The Morgan fingerprint density at radius 2 is 1.44 bits per heavy atom. The second-order valence-corrected chi connectivity index (χ2v) is 37.0. The van der Waals surface area contributed by atoms with Crippen LogP contribution in [0.2, 0.25) is 77.1 Å². The van der Waals surface area contributed by atoms with Crippen LogP contribution in [0.5, 0.6) is 5.75 Å². The van der Waals surface area contributed by atoms with Gasteiger partial charge in [-0.2, -0.15) is 5.10 Å². The van der Waals surface area contributed by atoms with Crippen LogP contribution in [0.3, 0.4) is 0 Å². The number of imidazole rings is 1. The van der Waals surface area contributed by atoms with Crippen molar-refractivity contribution in [2.45, 2.75) is 142 Å². The van der Waals surface area contributed by atoms with Crippen molar-refractivity contribution in [1.29, 1.82) is 0 Å².